The van der Waals surface area contributed by atoms with Gasteiger partial charge in [0.25, 0.3) is 6.47 Å². The van der Waals surface area contributed by atoms with Crippen LogP contribution in [0.15, 0.2) is 62.2 Å². The molecular formula is C21H30O7. The van der Waals surface area contributed by atoms with Gasteiger partial charge < -0.3 is 19.7 Å². The van der Waals surface area contributed by atoms with Crippen molar-refractivity contribution < 1.29 is 34.1 Å². The largest absolute Gasteiger partial charge is 0.478 e. The van der Waals surface area contributed by atoms with Crippen LogP contribution in [0.5, 0.6) is 0 Å². The van der Waals surface area contributed by atoms with Crippen LogP contribution in [0, 0.1) is 0 Å². The molecule has 0 aliphatic heterocycles. The topological polar surface area (TPSA) is 110 Å². The van der Waals surface area contributed by atoms with Gasteiger partial charge in [0.05, 0.1) is 13.2 Å². The fourth-order valence-corrected chi connectivity index (χ4v) is 1.07. The van der Waals surface area contributed by atoms with Crippen molar-refractivity contribution in [3.8, 4) is 0 Å². The number of carbonyl (C=O) groups excluding carboxylic acids is 2. The second kappa shape index (κ2) is 26.0. The first kappa shape index (κ1) is 29.6. The van der Waals surface area contributed by atoms with E-state index < -0.39 is 5.97 Å². The molecule has 7 nitrogen and oxygen atoms in total. The van der Waals surface area contributed by atoms with Gasteiger partial charge in [-0.2, -0.15) is 0 Å². The summed E-state index contributed by atoms with van der Waals surface area (Å²) >= 11 is 0. The zero-order valence-corrected chi connectivity index (χ0v) is 16.3. The minimum atomic E-state index is -0.981. The molecule has 0 saturated carbocycles. The molecule has 0 spiro atoms. The number of aliphatic hydroxyl groups is 1. The Bertz CT molecular complexity index is 539. The van der Waals surface area contributed by atoms with E-state index in [0.29, 0.717) is 13.1 Å². The van der Waals surface area contributed by atoms with Gasteiger partial charge in [-0.25, -0.2) is 9.59 Å². The van der Waals surface area contributed by atoms with Gasteiger partial charge in [-0.05, 0) is 12.0 Å². The highest BCUT2D eigenvalue weighted by Gasteiger charge is 1.91. The van der Waals surface area contributed by atoms with Crippen molar-refractivity contribution >= 4 is 24.5 Å². The number of rotatable bonds is 9. The fourth-order valence-electron chi connectivity index (χ4n) is 1.07. The summed E-state index contributed by atoms with van der Waals surface area (Å²) in [6.07, 6.45) is 5.82. The molecule has 7 heteroatoms. The zero-order chi connectivity index (χ0) is 22.0. The second-order valence-electron chi connectivity index (χ2n) is 4.57. The molecule has 0 bridgehead atoms. The lowest BCUT2D eigenvalue weighted by molar-refractivity contribution is -0.138. The highest BCUT2D eigenvalue weighted by molar-refractivity contribution is 5.81. The number of hydrogen-bond donors (Lipinski definition) is 2. The summed E-state index contributed by atoms with van der Waals surface area (Å²) < 4.78 is 8.73. The first-order valence-corrected chi connectivity index (χ1v) is 8.41. The molecule has 0 atom stereocenters. The van der Waals surface area contributed by atoms with Crippen LogP contribution < -0.4 is 0 Å². The standard InChI is InChI=1S/C8H8.C7H12O2.C3H6O3.C3H4O2/c1-2-8-6-4-3-5-7-8;1-3-5-6-9-7(8)4-2;4-1-2-6-3-5;1-2-3(4)5/h2-7H,1H2;4H,2-3,5-6H2,1H3;3-4H,1-2H2;2H,1H2,(H,4,5). The molecule has 1 aromatic rings. The quantitative estimate of drug-likeness (QED) is 0.286. The third-order valence-corrected chi connectivity index (χ3v) is 2.40. The van der Waals surface area contributed by atoms with E-state index in [-0.39, 0.29) is 19.2 Å². The van der Waals surface area contributed by atoms with Crippen LogP contribution in [0.1, 0.15) is 25.3 Å². The number of carboxylic acid groups (broad SMARTS) is 1. The van der Waals surface area contributed by atoms with E-state index in [1.54, 1.807) is 0 Å². The predicted octanol–water partition coefficient (Wildman–Crippen LogP) is 3.25. The molecule has 0 radical (unpaired) electrons. The molecule has 0 unspecified atom stereocenters. The number of carbonyl (C=O) groups is 3. The number of aliphatic carboxylic acids is 1. The molecule has 0 aromatic heterocycles. The number of carboxylic acids is 1. The van der Waals surface area contributed by atoms with Crippen molar-refractivity contribution in [1.82, 2.24) is 0 Å². The van der Waals surface area contributed by atoms with E-state index in [2.05, 4.69) is 29.2 Å². The zero-order valence-electron chi connectivity index (χ0n) is 16.3. The Morgan fingerprint density at radius 3 is 1.93 bits per heavy atom. The van der Waals surface area contributed by atoms with Gasteiger partial charge in [-0.15, -0.1) is 0 Å². The molecule has 28 heavy (non-hydrogen) atoms. The van der Waals surface area contributed by atoms with Crippen LogP contribution >= 0.6 is 0 Å². The molecule has 0 saturated heterocycles. The number of benzene rings is 1. The van der Waals surface area contributed by atoms with Gasteiger partial charge in [0.1, 0.15) is 6.61 Å². The van der Waals surface area contributed by atoms with Crippen molar-refractivity contribution in [3.63, 3.8) is 0 Å². The number of unbranched alkanes of at least 4 members (excludes halogenated alkanes) is 1. The van der Waals surface area contributed by atoms with E-state index in [4.69, 9.17) is 10.2 Å². The van der Waals surface area contributed by atoms with Crippen LogP contribution in [0.3, 0.4) is 0 Å². The molecule has 2 N–H and O–H groups in total. The minimum Gasteiger partial charge on any atom is -0.478 e. The summed E-state index contributed by atoms with van der Waals surface area (Å²) in [6.45, 7) is 12.7. The molecule has 0 heterocycles. The molecule has 0 aliphatic rings. The van der Waals surface area contributed by atoms with Gasteiger partial charge >= 0.3 is 11.9 Å². The fraction of sp³-hybridized carbons (Fsp3) is 0.286. The maximum atomic E-state index is 10.3. The number of hydrogen-bond acceptors (Lipinski definition) is 6. The van der Waals surface area contributed by atoms with Crippen molar-refractivity contribution in [2.24, 2.45) is 0 Å². The molecule has 156 valence electrons. The van der Waals surface area contributed by atoms with Crippen LogP contribution in [-0.4, -0.2) is 48.4 Å². The second-order valence-corrected chi connectivity index (χ2v) is 4.57. The van der Waals surface area contributed by atoms with Crippen molar-refractivity contribution in [2.75, 3.05) is 19.8 Å². The summed E-state index contributed by atoms with van der Waals surface area (Å²) in [5.74, 6) is -1.31. The summed E-state index contributed by atoms with van der Waals surface area (Å²) in [7, 11) is 0. The summed E-state index contributed by atoms with van der Waals surface area (Å²) in [4.78, 5) is 28.8. The van der Waals surface area contributed by atoms with Crippen molar-refractivity contribution in [3.05, 3.63) is 67.8 Å². The molecule has 0 amide bonds. The predicted molar refractivity (Wildman–Crippen MR) is 110 cm³/mol. The Balaban J connectivity index is -0.000000306. The highest BCUT2D eigenvalue weighted by atomic mass is 16.5. The van der Waals surface area contributed by atoms with Gasteiger partial charge in [-0.1, -0.05) is 69.5 Å². The van der Waals surface area contributed by atoms with Gasteiger partial charge in [0.2, 0.25) is 0 Å². The highest BCUT2D eigenvalue weighted by Crippen LogP contribution is 1.97. The Labute approximate surface area is 166 Å². The van der Waals surface area contributed by atoms with E-state index in [1.165, 1.54) is 11.6 Å². The number of esters is 1. The maximum Gasteiger partial charge on any atom is 0.330 e. The number of ether oxygens (including phenoxy) is 2. The Morgan fingerprint density at radius 1 is 1.07 bits per heavy atom. The van der Waals surface area contributed by atoms with Crippen molar-refractivity contribution in [2.45, 2.75) is 19.8 Å². The summed E-state index contributed by atoms with van der Waals surface area (Å²) in [6, 6.07) is 10.0. The van der Waals surface area contributed by atoms with Crippen LogP contribution in [0.4, 0.5) is 0 Å². The van der Waals surface area contributed by atoms with Crippen LogP contribution in [-0.2, 0) is 23.9 Å². The lowest BCUT2D eigenvalue weighted by Gasteiger charge is -1.97. The van der Waals surface area contributed by atoms with Gasteiger partial charge in [-0.3, -0.25) is 4.79 Å². The van der Waals surface area contributed by atoms with Gasteiger partial charge in [0, 0.05) is 12.2 Å². The summed E-state index contributed by atoms with van der Waals surface area (Å²) in [5, 5.41) is 15.5. The number of aliphatic hydroxyl groups excluding tert-OH is 1. The third-order valence-electron chi connectivity index (χ3n) is 2.40. The molecular weight excluding hydrogens is 364 g/mol. The monoisotopic (exact) mass is 394 g/mol. The lowest BCUT2D eigenvalue weighted by Crippen LogP contribution is -2.00. The van der Waals surface area contributed by atoms with E-state index >= 15 is 0 Å². The smallest absolute Gasteiger partial charge is 0.330 e. The average Bonchev–Trinajstić information content (AvgIpc) is 2.74. The van der Waals surface area contributed by atoms with Crippen LogP contribution in [0.25, 0.3) is 6.08 Å². The average molecular weight is 394 g/mol. The Kier molecular flexibility index (Phi) is 27.5. The Hall–Kier alpha value is -3.19. The molecule has 1 rings (SSSR count). The third kappa shape index (κ3) is 30.7. The normalized spacial score (nSPS) is 7.93. The first-order chi connectivity index (χ1) is 13.4. The van der Waals surface area contributed by atoms with Crippen molar-refractivity contribution in [1.29, 1.82) is 0 Å². The van der Waals surface area contributed by atoms with Crippen LogP contribution in [0.2, 0.25) is 0 Å². The van der Waals surface area contributed by atoms with E-state index in [1.807, 2.05) is 43.3 Å². The maximum absolute atomic E-state index is 10.3. The molecule has 0 fully saturated rings. The molecule has 0 aliphatic carbocycles. The van der Waals surface area contributed by atoms with E-state index in [0.717, 1.165) is 18.9 Å². The van der Waals surface area contributed by atoms with Gasteiger partial charge in [0.15, 0.2) is 0 Å². The first-order valence-electron chi connectivity index (χ1n) is 8.41. The Morgan fingerprint density at radius 2 is 1.64 bits per heavy atom. The summed E-state index contributed by atoms with van der Waals surface area (Å²) in [5.41, 5.74) is 1.17. The lowest BCUT2D eigenvalue weighted by atomic mass is 10.2. The minimum absolute atomic E-state index is 0.0985. The van der Waals surface area contributed by atoms with E-state index in [9.17, 15) is 14.4 Å². The SMILES string of the molecule is C=CC(=O)O.C=CC(=O)OCCCC.C=Cc1ccccc1.O=COCCO. The molecule has 1 aromatic carbocycles.